The maximum absolute atomic E-state index is 13.1. The van der Waals surface area contributed by atoms with Crippen molar-refractivity contribution in [3.8, 4) is 0 Å². The highest BCUT2D eigenvalue weighted by Gasteiger charge is 2.37. The molecule has 0 spiro atoms. The van der Waals surface area contributed by atoms with Crippen molar-refractivity contribution >= 4 is 22.0 Å². The minimum Gasteiger partial charge on any atom is -0.479 e. The summed E-state index contributed by atoms with van der Waals surface area (Å²) in [5.74, 6) is -3.04. The Bertz CT molecular complexity index is 787. The summed E-state index contributed by atoms with van der Waals surface area (Å²) in [5, 5.41) is 18.2. The molecule has 0 saturated carbocycles. The lowest BCUT2D eigenvalue weighted by molar-refractivity contribution is -0.155. The molecule has 0 aromatic heterocycles. The van der Waals surface area contributed by atoms with Crippen LogP contribution in [-0.2, 0) is 25.7 Å². The number of sulfonamides is 1. The van der Waals surface area contributed by atoms with Crippen molar-refractivity contribution < 1.29 is 46.1 Å². The zero-order valence-corrected chi connectivity index (χ0v) is 13.7. The average molecular weight is 385 g/mol. The number of methoxy groups -OCH3 is 1. The molecule has 0 amide bonds. The lowest BCUT2D eigenvalue weighted by Crippen LogP contribution is -2.46. The molecule has 0 fully saturated rings. The van der Waals surface area contributed by atoms with Crippen molar-refractivity contribution in [3.05, 3.63) is 29.3 Å². The van der Waals surface area contributed by atoms with E-state index < -0.39 is 56.3 Å². The second-order valence-corrected chi connectivity index (χ2v) is 6.87. The number of aliphatic hydroxyl groups is 1. The number of halogens is 3. The summed E-state index contributed by atoms with van der Waals surface area (Å²) in [4.78, 5) is 21.2. The number of alkyl halides is 3. The molecular weight excluding hydrogens is 371 g/mol. The number of hydrogen-bond acceptors (Lipinski definition) is 6. The number of rotatable bonds is 6. The van der Waals surface area contributed by atoms with Gasteiger partial charge in [0, 0.05) is 0 Å². The Kier molecular flexibility index (Phi) is 5.82. The summed E-state index contributed by atoms with van der Waals surface area (Å²) in [6, 6.07) is 1.56. The predicted octanol–water partition coefficient (Wildman–Crippen LogP) is 0.606. The number of carbonyl (C=O) groups is 2. The molecule has 0 heterocycles. The molecule has 0 radical (unpaired) electrons. The van der Waals surface area contributed by atoms with Gasteiger partial charge in [-0.25, -0.2) is 22.7 Å². The van der Waals surface area contributed by atoms with E-state index in [1.165, 1.54) is 0 Å². The van der Waals surface area contributed by atoms with Crippen molar-refractivity contribution in [1.29, 1.82) is 0 Å². The molecular formula is C13H14F3NO7S. The number of ether oxygens (including phenoxy) is 1. The molecule has 1 aromatic rings. The minimum atomic E-state index is -5.04. The van der Waals surface area contributed by atoms with Gasteiger partial charge in [-0.2, -0.15) is 13.2 Å². The molecule has 8 nitrogen and oxygen atoms in total. The van der Waals surface area contributed by atoms with Gasteiger partial charge in [0.1, 0.15) is 0 Å². The van der Waals surface area contributed by atoms with Gasteiger partial charge in [0.2, 0.25) is 10.0 Å². The van der Waals surface area contributed by atoms with Gasteiger partial charge in [0.25, 0.3) is 0 Å². The van der Waals surface area contributed by atoms with Crippen LogP contribution in [0.4, 0.5) is 13.2 Å². The molecule has 25 heavy (non-hydrogen) atoms. The summed E-state index contributed by atoms with van der Waals surface area (Å²) in [5.41, 5.74) is -4.88. The van der Waals surface area contributed by atoms with Crippen molar-refractivity contribution in [2.45, 2.75) is 23.6 Å². The molecule has 3 N–H and O–H groups in total. The fraction of sp³-hybridized carbons (Fsp3) is 0.385. The zero-order valence-electron chi connectivity index (χ0n) is 12.9. The maximum atomic E-state index is 13.1. The standard InChI is InChI=1S/C13H14F3NO7S/c1-12(21,11(19)20)6-17-25(22,23)7-3-4-8(10(18)24-2)9(5-7)13(14,15)16/h3-5,17,21H,6H2,1-2H3,(H,19,20). The molecule has 0 aliphatic carbocycles. The van der Waals surface area contributed by atoms with E-state index in [1.54, 1.807) is 4.72 Å². The zero-order chi connectivity index (χ0) is 19.6. The Morgan fingerprint density at radius 1 is 1.28 bits per heavy atom. The Morgan fingerprint density at radius 3 is 2.28 bits per heavy atom. The van der Waals surface area contributed by atoms with Crippen molar-refractivity contribution in [2.75, 3.05) is 13.7 Å². The summed E-state index contributed by atoms with van der Waals surface area (Å²) in [6.45, 7) is -0.176. The first-order valence-corrected chi connectivity index (χ1v) is 7.95. The highest BCUT2D eigenvalue weighted by Crippen LogP contribution is 2.34. The number of hydrogen-bond donors (Lipinski definition) is 3. The molecule has 1 atom stereocenters. The summed E-state index contributed by atoms with van der Waals surface area (Å²) in [6.07, 6.45) is -5.04. The number of esters is 1. The van der Waals surface area contributed by atoms with Crippen LogP contribution in [0.3, 0.4) is 0 Å². The maximum Gasteiger partial charge on any atom is 0.417 e. The number of carboxylic acid groups (broad SMARTS) is 1. The third-order valence-electron chi connectivity index (χ3n) is 3.08. The van der Waals surface area contributed by atoms with Crippen LogP contribution in [0, 0.1) is 0 Å². The van der Waals surface area contributed by atoms with Gasteiger partial charge >= 0.3 is 18.1 Å². The normalized spacial score (nSPS) is 14.6. The first-order chi connectivity index (χ1) is 11.2. The Labute approximate surface area is 140 Å². The molecule has 1 rings (SSSR count). The van der Waals surface area contributed by atoms with Crippen LogP contribution in [0.5, 0.6) is 0 Å². The molecule has 0 aliphatic rings. The van der Waals surface area contributed by atoms with Gasteiger partial charge in [-0.15, -0.1) is 0 Å². The number of aliphatic carboxylic acids is 1. The number of carboxylic acids is 1. The van der Waals surface area contributed by atoms with Gasteiger partial charge in [0.15, 0.2) is 5.60 Å². The van der Waals surface area contributed by atoms with E-state index in [4.69, 9.17) is 5.11 Å². The topological polar surface area (TPSA) is 130 Å². The highest BCUT2D eigenvalue weighted by atomic mass is 32.2. The van der Waals surface area contributed by atoms with E-state index in [-0.39, 0.29) is 6.07 Å². The third-order valence-corrected chi connectivity index (χ3v) is 4.48. The predicted molar refractivity (Wildman–Crippen MR) is 76.2 cm³/mol. The van der Waals surface area contributed by atoms with Crippen LogP contribution in [0.1, 0.15) is 22.8 Å². The van der Waals surface area contributed by atoms with Crippen LogP contribution in [0.2, 0.25) is 0 Å². The van der Waals surface area contributed by atoms with Crippen LogP contribution in [-0.4, -0.2) is 49.8 Å². The average Bonchev–Trinajstić information content (AvgIpc) is 2.50. The fourth-order valence-corrected chi connectivity index (χ4v) is 2.77. The fourth-order valence-electron chi connectivity index (χ4n) is 1.61. The summed E-state index contributed by atoms with van der Waals surface area (Å²) >= 11 is 0. The van der Waals surface area contributed by atoms with Crippen LogP contribution in [0.25, 0.3) is 0 Å². The van der Waals surface area contributed by atoms with Crippen molar-refractivity contribution in [3.63, 3.8) is 0 Å². The summed E-state index contributed by atoms with van der Waals surface area (Å²) < 4.78 is 69.1. The smallest absolute Gasteiger partial charge is 0.417 e. The van der Waals surface area contributed by atoms with E-state index in [9.17, 15) is 36.3 Å². The van der Waals surface area contributed by atoms with Gasteiger partial charge < -0.3 is 14.9 Å². The van der Waals surface area contributed by atoms with Crippen molar-refractivity contribution in [1.82, 2.24) is 4.72 Å². The number of nitrogens with one attached hydrogen (secondary N) is 1. The van der Waals surface area contributed by atoms with Crippen molar-refractivity contribution in [2.24, 2.45) is 0 Å². The Balaban J connectivity index is 3.29. The van der Waals surface area contributed by atoms with E-state index >= 15 is 0 Å². The first kappa shape index (κ1) is 20.9. The lowest BCUT2D eigenvalue weighted by Gasteiger charge is -2.19. The minimum absolute atomic E-state index is 0.212. The third kappa shape index (κ3) is 4.90. The molecule has 0 aliphatic heterocycles. The van der Waals surface area contributed by atoms with E-state index in [1.807, 2.05) is 0 Å². The summed E-state index contributed by atoms with van der Waals surface area (Å²) in [7, 11) is -3.72. The van der Waals surface area contributed by atoms with Gasteiger partial charge in [-0.3, -0.25) is 0 Å². The second kappa shape index (κ2) is 6.98. The molecule has 0 saturated heterocycles. The molecule has 12 heteroatoms. The van der Waals surface area contributed by atoms with Crippen LogP contribution >= 0.6 is 0 Å². The number of carbonyl (C=O) groups excluding carboxylic acids is 1. The highest BCUT2D eigenvalue weighted by molar-refractivity contribution is 7.89. The van der Waals surface area contributed by atoms with Crippen LogP contribution < -0.4 is 4.72 Å². The Hall–Kier alpha value is -2.18. The van der Waals surface area contributed by atoms with E-state index in [0.29, 0.717) is 6.07 Å². The first-order valence-electron chi connectivity index (χ1n) is 6.47. The van der Waals surface area contributed by atoms with E-state index in [2.05, 4.69) is 4.74 Å². The lowest BCUT2D eigenvalue weighted by atomic mass is 10.1. The largest absolute Gasteiger partial charge is 0.479 e. The molecule has 1 unspecified atom stereocenters. The van der Waals surface area contributed by atoms with Gasteiger partial charge in [-0.1, -0.05) is 0 Å². The molecule has 0 bridgehead atoms. The van der Waals surface area contributed by atoms with Gasteiger partial charge in [0.05, 0.1) is 29.7 Å². The van der Waals surface area contributed by atoms with E-state index in [0.717, 1.165) is 20.1 Å². The monoisotopic (exact) mass is 385 g/mol. The molecule has 1 aromatic carbocycles. The van der Waals surface area contributed by atoms with Gasteiger partial charge in [-0.05, 0) is 25.1 Å². The SMILES string of the molecule is COC(=O)c1ccc(S(=O)(=O)NCC(C)(O)C(=O)O)cc1C(F)(F)F. The quantitative estimate of drug-likeness (QED) is 0.612. The Morgan fingerprint density at radius 2 is 1.84 bits per heavy atom. The second-order valence-electron chi connectivity index (χ2n) is 5.10. The van der Waals surface area contributed by atoms with Crippen LogP contribution in [0.15, 0.2) is 23.1 Å². The molecule has 140 valence electrons. The number of benzene rings is 1.